The summed E-state index contributed by atoms with van der Waals surface area (Å²) in [4.78, 5) is 15.1. The minimum Gasteiger partial charge on any atom is -0.497 e. The zero-order valence-corrected chi connectivity index (χ0v) is 10.3. The van der Waals surface area contributed by atoms with E-state index in [1.807, 2.05) is 0 Å². The van der Waals surface area contributed by atoms with Crippen LogP contribution in [-0.2, 0) is 0 Å². The maximum absolute atomic E-state index is 11.1. The van der Waals surface area contributed by atoms with Gasteiger partial charge in [0.2, 0.25) is 0 Å². The molecule has 0 aliphatic heterocycles. The lowest BCUT2D eigenvalue weighted by atomic mass is 10.2. The van der Waals surface area contributed by atoms with Gasteiger partial charge in [0.1, 0.15) is 17.1 Å². The second-order valence-electron chi connectivity index (χ2n) is 3.82. The molecule has 0 fully saturated rings. The number of carbonyl (C=O) groups is 1. The summed E-state index contributed by atoms with van der Waals surface area (Å²) in [6, 6.07) is 8.42. The third kappa shape index (κ3) is 2.92. The molecule has 0 saturated carbocycles. The minimum atomic E-state index is -1.09. The molecule has 0 saturated heterocycles. The van der Waals surface area contributed by atoms with Crippen molar-refractivity contribution in [1.29, 1.82) is 0 Å². The van der Waals surface area contributed by atoms with Crippen molar-refractivity contribution in [3.05, 3.63) is 42.1 Å². The van der Waals surface area contributed by atoms with E-state index in [0.717, 1.165) is 0 Å². The standard InChI is InChI=1S/C13H13N3O3/c1-19-10-4-2-9(3-5-10)16-12-11(13(17)18)6-8(14)7-15-12/h2-7H,14H2,1H3,(H,15,16)(H,17,18). The number of methoxy groups -OCH3 is 1. The van der Waals surface area contributed by atoms with Crippen molar-refractivity contribution in [2.75, 3.05) is 18.2 Å². The molecule has 0 amide bonds. The first-order valence-electron chi connectivity index (χ1n) is 5.50. The van der Waals surface area contributed by atoms with Crippen molar-refractivity contribution in [3.8, 4) is 5.75 Å². The topological polar surface area (TPSA) is 97.5 Å². The van der Waals surface area contributed by atoms with Gasteiger partial charge in [-0.1, -0.05) is 0 Å². The predicted octanol–water partition coefficient (Wildman–Crippen LogP) is 2.11. The minimum absolute atomic E-state index is 0.0239. The number of anilines is 3. The number of aromatic nitrogens is 1. The van der Waals surface area contributed by atoms with Crippen LogP contribution in [0.25, 0.3) is 0 Å². The molecule has 1 aromatic carbocycles. The molecular formula is C13H13N3O3. The number of benzene rings is 1. The van der Waals surface area contributed by atoms with Gasteiger partial charge in [-0.3, -0.25) is 0 Å². The molecule has 0 unspecified atom stereocenters. The van der Waals surface area contributed by atoms with Gasteiger partial charge in [-0.25, -0.2) is 9.78 Å². The molecule has 0 aliphatic carbocycles. The van der Waals surface area contributed by atoms with Crippen LogP contribution in [0, 0.1) is 0 Å². The van der Waals surface area contributed by atoms with Crippen LogP contribution in [0.3, 0.4) is 0 Å². The Balaban J connectivity index is 2.29. The summed E-state index contributed by atoms with van der Waals surface area (Å²) in [6.45, 7) is 0. The fourth-order valence-corrected chi connectivity index (χ4v) is 1.55. The largest absolute Gasteiger partial charge is 0.497 e. The quantitative estimate of drug-likeness (QED) is 0.778. The van der Waals surface area contributed by atoms with Crippen LogP contribution < -0.4 is 15.8 Å². The molecule has 1 aromatic heterocycles. The number of hydrogen-bond donors (Lipinski definition) is 3. The molecule has 0 atom stereocenters. The van der Waals surface area contributed by atoms with Crippen molar-refractivity contribution >= 4 is 23.2 Å². The van der Waals surface area contributed by atoms with Crippen molar-refractivity contribution in [2.45, 2.75) is 0 Å². The van der Waals surface area contributed by atoms with Crippen molar-refractivity contribution in [3.63, 3.8) is 0 Å². The predicted molar refractivity (Wildman–Crippen MR) is 71.9 cm³/mol. The fourth-order valence-electron chi connectivity index (χ4n) is 1.55. The first-order valence-corrected chi connectivity index (χ1v) is 5.50. The lowest BCUT2D eigenvalue weighted by Crippen LogP contribution is -2.06. The third-order valence-corrected chi connectivity index (χ3v) is 2.49. The molecule has 2 aromatic rings. The van der Waals surface area contributed by atoms with E-state index in [0.29, 0.717) is 17.1 Å². The number of nitrogens with two attached hydrogens (primary N) is 1. The maximum Gasteiger partial charge on any atom is 0.339 e. The van der Waals surface area contributed by atoms with Gasteiger partial charge in [0.25, 0.3) is 0 Å². The van der Waals surface area contributed by atoms with Crippen LogP contribution >= 0.6 is 0 Å². The SMILES string of the molecule is COc1ccc(Nc2ncc(N)cc2C(=O)O)cc1. The second kappa shape index (κ2) is 5.26. The molecule has 19 heavy (non-hydrogen) atoms. The fraction of sp³-hybridized carbons (Fsp3) is 0.0769. The lowest BCUT2D eigenvalue weighted by molar-refractivity contribution is 0.0697. The number of ether oxygens (including phenoxy) is 1. The Morgan fingerprint density at radius 2 is 2.05 bits per heavy atom. The van der Waals surface area contributed by atoms with E-state index in [-0.39, 0.29) is 11.4 Å². The van der Waals surface area contributed by atoms with Gasteiger partial charge >= 0.3 is 5.97 Å². The average Bonchev–Trinajstić information content (AvgIpc) is 2.41. The summed E-state index contributed by atoms with van der Waals surface area (Å²) >= 11 is 0. The normalized spacial score (nSPS) is 9.95. The zero-order valence-electron chi connectivity index (χ0n) is 10.3. The smallest absolute Gasteiger partial charge is 0.339 e. The van der Waals surface area contributed by atoms with Gasteiger partial charge in [0.05, 0.1) is 19.0 Å². The van der Waals surface area contributed by atoms with Crippen molar-refractivity contribution in [2.24, 2.45) is 0 Å². The van der Waals surface area contributed by atoms with Gasteiger partial charge < -0.3 is 20.9 Å². The van der Waals surface area contributed by atoms with E-state index in [9.17, 15) is 4.79 Å². The summed E-state index contributed by atoms with van der Waals surface area (Å²) < 4.78 is 5.04. The number of nitrogen functional groups attached to an aromatic ring is 1. The first-order chi connectivity index (χ1) is 9.10. The van der Waals surface area contributed by atoms with E-state index in [4.69, 9.17) is 15.6 Å². The first kappa shape index (κ1) is 12.7. The van der Waals surface area contributed by atoms with Gasteiger partial charge in [0.15, 0.2) is 0 Å². The highest BCUT2D eigenvalue weighted by Gasteiger charge is 2.12. The molecule has 0 radical (unpaired) electrons. The van der Waals surface area contributed by atoms with Crippen LogP contribution in [0.4, 0.5) is 17.2 Å². The summed E-state index contributed by atoms with van der Waals surface area (Å²) in [5, 5.41) is 12.0. The number of pyridine rings is 1. The van der Waals surface area contributed by atoms with Crippen LogP contribution in [0.15, 0.2) is 36.5 Å². The lowest BCUT2D eigenvalue weighted by Gasteiger charge is -2.09. The highest BCUT2D eigenvalue weighted by atomic mass is 16.5. The molecule has 1 heterocycles. The number of aromatic carboxylic acids is 1. The van der Waals surface area contributed by atoms with Crippen LogP contribution in [0.1, 0.15) is 10.4 Å². The number of rotatable bonds is 4. The van der Waals surface area contributed by atoms with Crippen LogP contribution in [0.5, 0.6) is 5.75 Å². The summed E-state index contributed by atoms with van der Waals surface area (Å²) in [7, 11) is 1.58. The highest BCUT2D eigenvalue weighted by molar-refractivity contribution is 5.94. The summed E-state index contributed by atoms with van der Waals surface area (Å²) in [5.74, 6) is -0.128. The monoisotopic (exact) mass is 259 g/mol. The summed E-state index contributed by atoms with van der Waals surface area (Å²) in [5.41, 5.74) is 6.56. The Kier molecular flexibility index (Phi) is 3.51. The second-order valence-corrected chi connectivity index (χ2v) is 3.82. The molecule has 0 bridgehead atoms. The molecule has 0 spiro atoms. The number of carboxylic acids is 1. The van der Waals surface area contributed by atoms with E-state index < -0.39 is 5.97 Å². The molecule has 0 aliphatic rings. The Morgan fingerprint density at radius 1 is 1.37 bits per heavy atom. The molecular weight excluding hydrogens is 246 g/mol. The Labute approximate surface area is 109 Å². The van der Waals surface area contributed by atoms with Crippen LogP contribution in [-0.4, -0.2) is 23.2 Å². The molecule has 6 nitrogen and oxygen atoms in total. The molecule has 6 heteroatoms. The van der Waals surface area contributed by atoms with Gasteiger partial charge in [0, 0.05) is 5.69 Å². The number of nitrogens with zero attached hydrogens (tertiary/aromatic N) is 1. The molecule has 4 N–H and O–H groups in total. The third-order valence-electron chi connectivity index (χ3n) is 2.49. The van der Waals surface area contributed by atoms with E-state index in [1.165, 1.54) is 12.3 Å². The van der Waals surface area contributed by atoms with Gasteiger partial charge in [-0.2, -0.15) is 0 Å². The Morgan fingerprint density at radius 3 is 2.63 bits per heavy atom. The van der Waals surface area contributed by atoms with Crippen molar-refractivity contribution < 1.29 is 14.6 Å². The van der Waals surface area contributed by atoms with E-state index in [1.54, 1.807) is 31.4 Å². The molecule has 98 valence electrons. The molecule has 2 rings (SSSR count). The maximum atomic E-state index is 11.1. The van der Waals surface area contributed by atoms with Crippen LogP contribution in [0.2, 0.25) is 0 Å². The van der Waals surface area contributed by atoms with E-state index in [2.05, 4.69) is 10.3 Å². The Hall–Kier alpha value is -2.76. The average molecular weight is 259 g/mol. The van der Waals surface area contributed by atoms with E-state index >= 15 is 0 Å². The van der Waals surface area contributed by atoms with Gasteiger partial charge in [-0.05, 0) is 30.3 Å². The number of nitrogens with one attached hydrogen (secondary N) is 1. The van der Waals surface area contributed by atoms with Crippen molar-refractivity contribution in [1.82, 2.24) is 4.98 Å². The Bertz CT molecular complexity index is 597. The summed E-state index contributed by atoms with van der Waals surface area (Å²) in [6.07, 6.45) is 1.40. The number of hydrogen-bond acceptors (Lipinski definition) is 5. The zero-order chi connectivity index (χ0) is 13.8. The highest BCUT2D eigenvalue weighted by Crippen LogP contribution is 2.22. The number of carboxylic acid groups (broad SMARTS) is 1. The van der Waals surface area contributed by atoms with Gasteiger partial charge in [-0.15, -0.1) is 0 Å².